The van der Waals surface area contributed by atoms with Gasteiger partial charge >= 0.3 is 0 Å². The molecule has 0 radical (unpaired) electrons. The fourth-order valence-corrected chi connectivity index (χ4v) is 6.85. The Morgan fingerprint density at radius 1 is 1.08 bits per heavy atom. The lowest BCUT2D eigenvalue weighted by atomic mass is 9.54. The van der Waals surface area contributed by atoms with Crippen molar-refractivity contribution in [2.45, 2.75) is 49.5 Å². The topological polar surface area (TPSA) is 49.3 Å². The molecule has 136 valence electrons. The first kappa shape index (κ1) is 17.8. The highest BCUT2D eigenvalue weighted by Gasteiger charge is 2.48. The number of amides is 1. The smallest absolute Gasteiger partial charge is 0.221 e. The summed E-state index contributed by atoms with van der Waals surface area (Å²) in [5.74, 6) is 4.01. The summed E-state index contributed by atoms with van der Waals surface area (Å²) in [5.41, 5.74) is 0. The summed E-state index contributed by atoms with van der Waals surface area (Å²) in [7, 11) is 0. The van der Waals surface area contributed by atoms with Gasteiger partial charge in [0.25, 0.3) is 0 Å². The first-order valence-corrected chi connectivity index (χ1v) is 10.8. The number of aromatic hydroxyl groups is 1. The van der Waals surface area contributed by atoms with Crippen LogP contribution in [-0.4, -0.2) is 22.8 Å². The third kappa shape index (κ3) is 3.77. The molecule has 4 fully saturated rings. The summed E-state index contributed by atoms with van der Waals surface area (Å²) < 4.78 is 0. The van der Waals surface area contributed by atoms with Gasteiger partial charge in [-0.25, -0.2) is 0 Å². The first-order valence-electron chi connectivity index (χ1n) is 9.09. The van der Waals surface area contributed by atoms with E-state index in [1.165, 1.54) is 43.9 Å². The second-order valence-electron chi connectivity index (χ2n) is 7.86. The third-order valence-corrected chi connectivity index (χ3v) is 7.70. The van der Waals surface area contributed by atoms with Crippen LogP contribution >= 0.6 is 35.0 Å². The lowest BCUT2D eigenvalue weighted by molar-refractivity contribution is -0.124. The minimum atomic E-state index is -0.0905. The molecular formula is C19H23Cl2NO2S. The number of phenolic OH excluding ortho intramolecular Hbond substituents is 1. The summed E-state index contributed by atoms with van der Waals surface area (Å²) >= 11 is 13.4. The van der Waals surface area contributed by atoms with E-state index in [0.29, 0.717) is 30.1 Å². The molecule has 3 nitrogen and oxygen atoms in total. The molecule has 1 aromatic rings. The Labute approximate surface area is 162 Å². The number of rotatable bonds is 5. The molecule has 5 rings (SSSR count). The van der Waals surface area contributed by atoms with Gasteiger partial charge in [-0.2, -0.15) is 0 Å². The van der Waals surface area contributed by atoms with Gasteiger partial charge in [-0.3, -0.25) is 4.79 Å². The van der Waals surface area contributed by atoms with Crippen molar-refractivity contribution in [2.24, 2.45) is 23.7 Å². The molecule has 0 aliphatic heterocycles. The zero-order valence-corrected chi connectivity index (χ0v) is 16.3. The molecule has 0 saturated heterocycles. The average Bonchev–Trinajstić information content (AvgIpc) is 2.55. The van der Waals surface area contributed by atoms with Crippen LogP contribution < -0.4 is 5.32 Å². The first-order chi connectivity index (χ1) is 12.0. The molecule has 0 heterocycles. The molecule has 0 atom stereocenters. The molecule has 0 aromatic heterocycles. The fourth-order valence-electron chi connectivity index (χ4n) is 5.31. The number of thioether (sulfide) groups is 1. The van der Waals surface area contributed by atoms with Crippen molar-refractivity contribution in [1.29, 1.82) is 0 Å². The molecule has 0 spiro atoms. The second kappa shape index (κ2) is 7.21. The standard InChI is InChI=1S/C19H23Cl2NO2S/c20-15-8-14(9-16(21)19(15)24)25-2-1-17(23)22-18-12-4-10-3-11(6-12)7-13(18)5-10/h8-13,18,24H,1-7H2,(H,22,23). The van der Waals surface area contributed by atoms with Crippen LogP contribution in [0.1, 0.15) is 38.5 Å². The van der Waals surface area contributed by atoms with Crippen LogP contribution in [0.3, 0.4) is 0 Å². The molecule has 2 N–H and O–H groups in total. The highest BCUT2D eigenvalue weighted by molar-refractivity contribution is 7.99. The Bertz CT molecular complexity index is 630. The van der Waals surface area contributed by atoms with Gasteiger partial charge in [0, 0.05) is 23.1 Å². The molecule has 4 bridgehead atoms. The monoisotopic (exact) mass is 399 g/mol. The summed E-state index contributed by atoms with van der Waals surface area (Å²) in [6.07, 6.45) is 7.19. The number of halogens is 2. The van der Waals surface area contributed by atoms with Crippen LogP contribution in [0, 0.1) is 23.7 Å². The minimum absolute atomic E-state index is 0.0905. The fraction of sp³-hybridized carbons (Fsp3) is 0.632. The van der Waals surface area contributed by atoms with Crippen LogP contribution in [0.5, 0.6) is 5.75 Å². The van der Waals surface area contributed by atoms with E-state index >= 15 is 0 Å². The molecule has 4 aliphatic rings. The van der Waals surface area contributed by atoms with Gasteiger partial charge in [0.05, 0.1) is 10.0 Å². The Balaban J connectivity index is 1.27. The zero-order chi connectivity index (χ0) is 17.6. The maximum atomic E-state index is 12.4. The van der Waals surface area contributed by atoms with E-state index in [2.05, 4.69) is 5.32 Å². The van der Waals surface area contributed by atoms with E-state index in [-0.39, 0.29) is 21.7 Å². The number of carbonyl (C=O) groups is 1. The van der Waals surface area contributed by atoms with E-state index in [1.807, 2.05) is 0 Å². The molecular weight excluding hydrogens is 377 g/mol. The van der Waals surface area contributed by atoms with Crippen molar-refractivity contribution >= 4 is 40.9 Å². The van der Waals surface area contributed by atoms with Gasteiger partial charge in [-0.15, -0.1) is 11.8 Å². The predicted molar refractivity (Wildman–Crippen MR) is 102 cm³/mol. The number of phenols is 1. The number of nitrogens with one attached hydrogen (secondary N) is 1. The highest BCUT2D eigenvalue weighted by Crippen LogP contribution is 2.53. The van der Waals surface area contributed by atoms with Crippen LogP contribution in [-0.2, 0) is 4.79 Å². The van der Waals surface area contributed by atoms with Crippen molar-refractivity contribution in [2.75, 3.05) is 5.75 Å². The second-order valence-corrected chi connectivity index (χ2v) is 9.84. The quantitative estimate of drug-likeness (QED) is 0.675. The summed E-state index contributed by atoms with van der Waals surface area (Å²) in [6, 6.07) is 3.77. The average molecular weight is 400 g/mol. The lowest BCUT2D eigenvalue weighted by Gasteiger charge is -2.54. The molecule has 6 heteroatoms. The molecule has 1 amide bonds. The minimum Gasteiger partial charge on any atom is -0.505 e. The van der Waals surface area contributed by atoms with Gasteiger partial charge < -0.3 is 10.4 Å². The summed E-state index contributed by atoms with van der Waals surface area (Å²) in [6.45, 7) is 0. The number of benzene rings is 1. The van der Waals surface area contributed by atoms with Gasteiger partial charge in [-0.1, -0.05) is 23.2 Å². The van der Waals surface area contributed by atoms with Crippen LogP contribution in [0.15, 0.2) is 17.0 Å². The van der Waals surface area contributed by atoms with Crippen molar-refractivity contribution < 1.29 is 9.90 Å². The van der Waals surface area contributed by atoms with E-state index in [9.17, 15) is 9.90 Å². The predicted octanol–water partition coefficient (Wildman–Crippen LogP) is 5.12. The van der Waals surface area contributed by atoms with Crippen LogP contribution in [0.2, 0.25) is 10.0 Å². The maximum absolute atomic E-state index is 12.4. The Hall–Kier alpha value is -0.580. The number of carbonyl (C=O) groups excluding carboxylic acids is 1. The number of hydrogen-bond acceptors (Lipinski definition) is 3. The van der Waals surface area contributed by atoms with Crippen LogP contribution in [0.25, 0.3) is 0 Å². The SMILES string of the molecule is O=C(CCSc1cc(Cl)c(O)c(Cl)c1)NC1C2CC3CC(C2)CC1C3. The van der Waals surface area contributed by atoms with Crippen molar-refractivity contribution in [1.82, 2.24) is 5.32 Å². The van der Waals surface area contributed by atoms with Crippen molar-refractivity contribution in [3.05, 3.63) is 22.2 Å². The maximum Gasteiger partial charge on any atom is 0.221 e. The Morgan fingerprint density at radius 3 is 2.20 bits per heavy atom. The number of hydrogen-bond donors (Lipinski definition) is 2. The third-order valence-electron chi connectivity index (χ3n) is 6.14. The molecule has 1 aromatic carbocycles. The van der Waals surface area contributed by atoms with E-state index in [0.717, 1.165) is 16.7 Å². The van der Waals surface area contributed by atoms with Gasteiger partial charge in [0.2, 0.25) is 5.91 Å². The summed E-state index contributed by atoms with van der Waals surface area (Å²) in [5, 5.41) is 13.4. The molecule has 25 heavy (non-hydrogen) atoms. The molecule has 4 saturated carbocycles. The Morgan fingerprint density at radius 2 is 1.64 bits per heavy atom. The van der Waals surface area contributed by atoms with E-state index < -0.39 is 0 Å². The van der Waals surface area contributed by atoms with Crippen LogP contribution in [0.4, 0.5) is 0 Å². The van der Waals surface area contributed by atoms with Gasteiger partial charge in [-0.05, 0) is 67.9 Å². The van der Waals surface area contributed by atoms with Gasteiger partial charge in [0.15, 0.2) is 5.75 Å². The lowest BCUT2D eigenvalue weighted by Crippen LogP contribution is -2.55. The van der Waals surface area contributed by atoms with E-state index in [4.69, 9.17) is 23.2 Å². The largest absolute Gasteiger partial charge is 0.505 e. The zero-order valence-electron chi connectivity index (χ0n) is 14.0. The Kier molecular flexibility index (Phi) is 5.13. The van der Waals surface area contributed by atoms with Gasteiger partial charge in [0.1, 0.15) is 0 Å². The summed E-state index contributed by atoms with van der Waals surface area (Å²) in [4.78, 5) is 13.3. The van der Waals surface area contributed by atoms with E-state index in [1.54, 1.807) is 12.1 Å². The molecule has 4 aliphatic carbocycles. The molecule has 0 unspecified atom stereocenters. The highest BCUT2D eigenvalue weighted by atomic mass is 35.5. The normalized spacial score (nSPS) is 32.8. The van der Waals surface area contributed by atoms with Crippen molar-refractivity contribution in [3.8, 4) is 5.75 Å². The van der Waals surface area contributed by atoms with Crippen molar-refractivity contribution in [3.63, 3.8) is 0 Å².